The van der Waals surface area contributed by atoms with Gasteiger partial charge in [-0.1, -0.05) is 0 Å². The number of hydrogen-bond donors (Lipinski definition) is 1. The van der Waals surface area contributed by atoms with Crippen LogP contribution in [0.25, 0.3) is 0 Å². The van der Waals surface area contributed by atoms with E-state index in [1.54, 1.807) is 0 Å². The molecule has 0 aromatic heterocycles. The zero-order valence-corrected chi connectivity index (χ0v) is 14.0. The predicted octanol–water partition coefficient (Wildman–Crippen LogP) is 3.46. The maximum atomic E-state index is 12.5. The number of anilines is 2. The van der Waals surface area contributed by atoms with E-state index in [9.17, 15) is 26.4 Å². The van der Waals surface area contributed by atoms with Crippen LogP contribution in [0.1, 0.15) is 5.56 Å². The quantitative estimate of drug-likeness (QED) is 0.873. The molecular weight excluding hydrogens is 373 g/mol. The summed E-state index contributed by atoms with van der Waals surface area (Å²) in [4.78, 5) is 12.8. The molecule has 1 amide bonds. The Kier molecular flexibility index (Phi) is 4.53. The van der Waals surface area contributed by atoms with Crippen LogP contribution in [0.15, 0.2) is 53.4 Å². The van der Waals surface area contributed by atoms with Gasteiger partial charge in [0.15, 0.2) is 0 Å². The van der Waals surface area contributed by atoms with Crippen LogP contribution in [0.2, 0.25) is 0 Å². The second-order valence-corrected chi connectivity index (χ2v) is 7.12. The van der Waals surface area contributed by atoms with Gasteiger partial charge in [0.05, 0.1) is 17.0 Å². The SMILES string of the molecule is O=C1OCCN1c1ccc(S(=O)(=O)Nc2ccc(C(F)(F)F)cc2)cc1. The van der Waals surface area contributed by atoms with Crippen LogP contribution in [-0.2, 0) is 20.9 Å². The summed E-state index contributed by atoms with van der Waals surface area (Å²) in [5, 5.41) is 0. The minimum Gasteiger partial charge on any atom is -0.447 e. The van der Waals surface area contributed by atoms with Gasteiger partial charge in [0.25, 0.3) is 10.0 Å². The Hall–Kier alpha value is -2.75. The summed E-state index contributed by atoms with van der Waals surface area (Å²) in [6.45, 7) is 0.628. The average Bonchev–Trinajstić information content (AvgIpc) is 3.00. The van der Waals surface area contributed by atoms with Gasteiger partial charge in [0.1, 0.15) is 6.61 Å². The van der Waals surface area contributed by atoms with E-state index in [1.807, 2.05) is 0 Å². The van der Waals surface area contributed by atoms with E-state index in [0.29, 0.717) is 12.2 Å². The Morgan fingerprint density at radius 3 is 2.12 bits per heavy atom. The van der Waals surface area contributed by atoms with Crippen molar-refractivity contribution in [3.63, 3.8) is 0 Å². The molecule has 26 heavy (non-hydrogen) atoms. The normalized spacial score (nSPS) is 15.0. The molecule has 2 aromatic rings. The van der Waals surface area contributed by atoms with Crippen molar-refractivity contribution in [2.45, 2.75) is 11.1 Å². The minimum atomic E-state index is -4.50. The summed E-state index contributed by atoms with van der Waals surface area (Å²) in [6, 6.07) is 9.16. The first-order valence-electron chi connectivity index (χ1n) is 7.41. The first kappa shape index (κ1) is 18.1. The summed E-state index contributed by atoms with van der Waals surface area (Å²) < 4.78 is 69.3. The lowest BCUT2D eigenvalue weighted by molar-refractivity contribution is -0.137. The maximum Gasteiger partial charge on any atom is 0.416 e. The highest BCUT2D eigenvalue weighted by atomic mass is 32.2. The standard InChI is InChI=1S/C16H13F3N2O4S/c17-16(18,19)11-1-3-12(4-2-11)20-26(23,24)14-7-5-13(6-8-14)21-9-10-25-15(21)22/h1-8,20H,9-10H2. The zero-order valence-electron chi connectivity index (χ0n) is 13.2. The highest BCUT2D eigenvalue weighted by Crippen LogP contribution is 2.30. The van der Waals surface area contributed by atoms with Crippen LogP contribution in [0.4, 0.5) is 29.3 Å². The molecule has 0 unspecified atom stereocenters. The Bertz CT molecular complexity index is 910. The van der Waals surface area contributed by atoms with Crippen LogP contribution in [0.3, 0.4) is 0 Å². The second-order valence-electron chi connectivity index (χ2n) is 5.44. The molecule has 138 valence electrons. The molecule has 0 saturated carbocycles. The summed E-state index contributed by atoms with van der Waals surface area (Å²) >= 11 is 0. The molecule has 2 aromatic carbocycles. The summed E-state index contributed by atoms with van der Waals surface area (Å²) in [5.74, 6) is 0. The maximum absolute atomic E-state index is 12.5. The van der Waals surface area contributed by atoms with Crippen LogP contribution in [0, 0.1) is 0 Å². The molecule has 1 N–H and O–H groups in total. The number of rotatable bonds is 4. The van der Waals surface area contributed by atoms with E-state index in [-0.39, 0.29) is 17.2 Å². The van der Waals surface area contributed by atoms with Crippen molar-refractivity contribution in [1.82, 2.24) is 0 Å². The number of sulfonamides is 1. The Morgan fingerprint density at radius 1 is 1.00 bits per heavy atom. The molecule has 6 nitrogen and oxygen atoms in total. The molecule has 1 aliphatic rings. The number of nitrogens with one attached hydrogen (secondary N) is 1. The number of nitrogens with zero attached hydrogens (tertiary/aromatic N) is 1. The molecule has 0 atom stereocenters. The van der Waals surface area contributed by atoms with E-state index in [1.165, 1.54) is 29.2 Å². The monoisotopic (exact) mass is 386 g/mol. The lowest BCUT2D eigenvalue weighted by Gasteiger charge is -2.14. The molecule has 0 aliphatic carbocycles. The molecule has 3 rings (SSSR count). The van der Waals surface area contributed by atoms with Crippen molar-refractivity contribution in [2.24, 2.45) is 0 Å². The van der Waals surface area contributed by atoms with Crippen molar-refractivity contribution in [3.8, 4) is 0 Å². The van der Waals surface area contributed by atoms with Gasteiger partial charge in [0.2, 0.25) is 0 Å². The third kappa shape index (κ3) is 3.74. The number of ether oxygens (including phenoxy) is 1. The predicted molar refractivity (Wildman–Crippen MR) is 87.4 cm³/mol. The van der Waals surface area contributed by atoms with Gasteiger partial charge in [-0.3, -0.25) is 9.62 Å². The number of alkyl halides is 3. The number of carbonyl (C=O) groups is 1. The number of benzene rings is 2. The largest absolute Gasteiger partial charge is 0.447 e. The first-order chi connectivity index (χ1) is 12.2. The number of amides is 1. The summed E-state index contributed by atoms with van der Waals surface area (Å²) in [6.07, 6.45) is -5.01. The van der Waals surface area contributed by atoms with Gasteiger partial charge < -0.3 is 4.74 Å². The fraction of sp³-hybridized carbons (Fsp3) is 0.188. The molecule has 0 spiro atoms. The lowest BCUT2D eigenvalue weighted by Crippen LogP contribution is -2.23. The Labute approximate surface area is 147 Å². The molecule has 1 fully saturated rings. The fourth-order valence-corrected chi connectivity index (χ4v) is 3.43. The van der Waals surface area contributed by atoms with E-state index in [2.05, 4.69) is 4.72 Å². The van der Waals surface area contributed by atoms with Gasteiger partial charge in [0, 0.05) is 11.4 Å². The van der Waals surface area contributed by atoms with Crippen LogP contribution < -0.4 is 9.62 Å². The Morgan fingerprint density at radius 2 is 1.62 bits per heavy atom. The highest BCUT2D eigenvalue weighted by Gasteiger charge is 2.30. The van der Waals surface area contributed by atoms with Crippen molar-refractivity contribution in [1.29, 1.82) is 0 Å². The third-order valence-electron chi connectivity index (χ3n) is 3.68. The van der Waals surface area contributed by atoms with Gasteiger partial charge in [-0.05, 0) is 48.5 Å². The number of cyclic esters (lactones) is 1. The van der Waals surface area contributed by atoms with Crippen LogP contribution >= 0.6 is 0 Å². The lowest BCUT2D eigenvalue weighted by atomic mass is 10.2. The van der Waals surface area contributed by atoms with Crippen molar-refractivity contribution >= 4 is 27.5 Å². The van der Waals surface area contributed by atoms with E-state index >= 15 is 0 Å². The Balaban J connectivity index is 1.76. The second kappa shape index (κ2) is 6.52. The van der Waals surface area contributed by atoms with Crippen molar-refractivity contribution in [2.75, 3.05) is 22.8 Å². The van der Waals surface area contributed by atoms with Crippen molar-refractivity contribution in [3.05, 3.63) is 54.1 Å². The van der Waals surface area contributed by atoms with Crippen LogP contribution in [0.5, 0.6) is 0 Å². The van der Waals surface area contributed by atoms with Gasteiger partial charge in [-0.2, -0.15) is 13.2 Å². The fourth-order valence-electron chi connectivity index (χ4n) is 2.37. The van der Waals surface area contributed by atoms with Gasteiger partial charge >= 0.3 is 12.3 Å². The van der Waals surface area contributed by atoms with Gasteiger partial charge in [-0.25, -0.2) is 13.2 Å². The topological polar surface area (TPSA) is 75.7 Å². The molecule has 0 bridgehead atoms. The number of carbonyl (C=O) groups excluding carboxylic acids is 1. The molecule has 1 saturated heterocycles. The van der Waals surface area contributed by atoms with Crippen LogP contribution in [-0.4, -0.2) is 27.7 Å². The summed E-state index contributed by atoms with van der Waals surface area (Å²) in [7, 11) is -3.98. The third-order valence-corrected chi connectivity index (χ3v) is 5.08. The van der Waals surface area contributed by atoms with Gasteiger partial charge in [-0.15, -0.1) is 0 Å². The van der Waals surface area contributed by atoms with Crippen molar-refractivity contribution < 1.29 is 31.1 Å². The zero-order chi connectivity index (χ0) is 18.9. The van der Waals surface area contributed by atoms with E-state index < -0.39 is 27.9 Å². The number of hydrogen-bond acceptors (Lipinski definition) is 4. The number of halogens is 3. The van der Waals surface area contributed by atoms with E-state index in [0.717, 1.165) is 24.3 Å². The molecule has 1 aliphatic heterocycles. The van der Waals surface area contributed by atoms with E-state index in [4.69, 9.17) is 4.74 Å². The summed E-state index contributed by atoms with van der Waals surface area (Å²) in [5.41, 5.74) is -0.381. The minimum absolute atomic E-state index is 0.00481. The smallest absolute Gasteiger partial charge is 0.416 e. The molecule has 10 heteroatoms. The average molecular weight is 386 g/mol. The first-order valence-corrected chi connectivity index (χ1v) is 8.89. The molecule has 0 radical (unpaired) electrons. The molecular formula is C16H13F3N2O4S. The highest BCUT2D eigenvalue weighted by molar-refractivity contribution is 7.92. The molecule has 1 heterocycles.